The third-order valence-electron chi connectivity index (χ3n) is 3.42. The summed E-state index contributed by atoms with van der Waals surface area (Å²) in [5.74, 6) is -0.508. The first-order valence-electron chi connectivity index (χ1n) is 7.09. The van der Waals surface area contributed by atoms with E-state index in [9.17, 15) is 14.4 Å². The summed E-state index contributed by atoms with van der Waals surface area (Å²) in [4.78, 5) is 39.0. The van der Waals surface area contributed by atoms with Crippen LogP contribution in [-0.2, 0) is 9.59 Å². The molecule has 0 spiro atoms. The van der Waals surface area contributed by atoms with E-state index in [0.717, 1.165) is 4.90 Å². The van der Waals surface area contributed by atoms with Crippen LogP contribution >= 0.6 is 0 Å². The minimum atomic E-state index is -0.526. The average molecular weight is 283 g/mol. The lowest BCUT2D eigenvalue weighted by Gasteiger charge is -2.31. The number of nitrogens with zero attached hydrogens (tertiary/aromatic N) is 2. The number of hydrogen-bond donors (Lipinski definition) is 1. The molecule has 1 fully saturated rings. The van der Waals surface area contributed by atoms with Crippen molar-refractivity contribution in [2.24, 2.45) is 5.92 Å². The van der Waals surface area contributed by atoms with E-state index in [4.69, 9.17) is 0 Å². The van der Waals surface area contributed by atoms with Gasteiger partial charge in [0.25, 0.3) is 5.91 Å². The quantitative estimate of drug-likeness (QED) is 0.771. The molecule has 4 amide bonds. The Kier molecular flexibility index (Phi) is 5.14. The first-order valence-corrected chi connectivity index (χ1v) is 7.09. The maximum Gasteiger partial charge on any atom is 0.325 e. The van der Waals surface area contributed by atoms with Gasteiger partial charge in [0.15, 0.2) is 0 Å². The Labute approximate surface area is 120 Å². The first-order chi connectivity index (χ1) is 9.16. The molecule has 1 heterocycles. The molecule has 20 heavy (non-hydrogen) atoms. The highest BCUT2D eigenvalue weighted by molar-refractivity contribution is 6.06. The van der Waals surface area contributed by atoms with Crippen LogP contribution in [0.4, 0.5) is 4.79 Å². The zero-order valence-electron chi connectivity index (χ0n) is 13.1. The van der Waals surface area contributed by atoms with E-state index >= 15 is 0 Å². The van der Waals surface area contributed by atoms with E-state index in [0.29, 0.717) is 0 Å². The Bertz CT molecular complexity index is 396. The molecule has 0 aromatic rings. The second-order valence-electron chi connectivity index (χ2n) is 6.08. The Balaban J connectivity index is 2.80. The summed E-state index contributed by atoms with van der Waals surface area (Å²) in [6, 6.07) is -0.940. The fraction of sp³-hybridized carbons (Fsp3) is 0.786. The molecule has 0 aliphatic carbocycles. The van der Waals surface area contributed by atoms with Gasteiger partial charge in [-0.25, -0.2) is 4.79 Å². The van der Waals surface area contributed by atoms with Crippen LogP contribution in [0.5, 0.6) is 0 Å². The molecule has 0 saturated carbocycles. The predicted octanol–water partition coefficient (Wildman–Crippen LogP) is 1.21. The molecule has 1 N–H and O–H groups in total. The first kappa shape index (κ1) is 16.5. The summed E-state index contributed by atoms with van der Waals surface area (Å²) in [5, 5.41) is 2.62. The second kappa shape index (κ2) is 6.24. The number of amides is 4. The molecule has 114 valence electrons. The maximum atomic E-state index is 12.3. The monoisotopic (exact) mass is 283 g/mol. The Hall–Kier alpha value is -1.59. The van der Waals surface area contributed by atoms with Crippen LogP contribution < -0.4 is 5.32 Å². The fourth-order valence-corrected chi connectivity index (χ4v) is 2.53. The third-order valence-corrected chi connectivity index (χ3v) is 3.42. The van der Waals surface area contributed by atoms with E-state index in [1.54, 1.807) is 4.90 Å². The van der Waals surface area contributed by atoms with Gasteiger partial charge >= 0.3 is 6.03 Å². The van der Waals surface area contributed by atoms with Gasteiger partial charge in [0, 0.05) is 12.1 Å². The minimum Gasteiger partial charge on any atom is -0.336 e. The Morgan fingerprint density at radius 3 is 2.00 bits per heavy atom. The SMILES string of the molecule is CC(C)C1NC(=O)N(CC(=O)N(C(C)C)C(C)C)C1=O. The van der Waals surface area contributed by atoms with Gasteiger partial charge in [0.2, 0.25) is 5.91 Å². The van der Waals surface area contributed by atoms with Crippen LogP contribution in [0, 0.1) is 5.92 Å². The number of nitrogens with one attached hydrogen (secondary N) is 1. The van der Waals surface area contributed by atoms with E-state index in [2.05, 4.69) is 5.32 Å². The molecule has 1 aliphatic rings. The summed E-state index contributed by atoms with van der Waals surface area (Å²) >= 11 is 0. The lowest BCUT2D eigenvalue weighted by molar-refractivity contribution is -0.140. The van der Waals surface area contributed by atoms with Crippen molar-refractivity contribution in [3.63, 3.8) is 0 Å². The molecular formula is C14H25N3O3. The van der Waals surface area contributed by atoms with E-state index in [1.165, 1.54) is 0 Å². The number of imide groups is 1. The van der Waals surface area contributed by atoms with Crippen molar-refractivity contribution < 1.29 is 14.4 Å². The van der Waals surface area contributed by atoms with Gasteiger partial charge in [0.05, 0.1) is 0 Å². The largest absolute Gasteiger partial charge is 0.336 e. The van der Waals surface area contributed by atoms with Crippen LogP contribution in [0.15, 0.2) is 0 Å². The lowest BCUT2D eigenvalue weighted by Crippen LogP contribution is -2.48. The Morgan fingerprint density at radius 1 is 1.15 bits per heavy atom. The molecule has 1 unspecified atom stereocenters. The molecular weight excluding hydrogens is 258 g/mol. The highest BCUT2D eigenvalue weighted by atomic mass is 16.2. The van der Waals surface area contributed by atoms with Crippen LogP contribution in [0.3, 0.4) is 0 Å². The van der Waals surface area contributed by atoms with Gasteiger partial charge in [-0.3, -0.25) is 14.5 Å². The number of carbonyl (C=O) groups excluding carboxylic acids is 3. The highest BCUT2D eigenvalue weighted by Crippen LogP contribution is 2.15. The molecule has 6 heteroatoms. The standard InChI is InChI=1S/C14H25N3O3/c1-8(2)12-13(19)16(14(20)15-12)7-11(18)17(9(3)4)10(5)6/h8-10,12H,7H2,1-6H3,(H,15,20). The van der Waals surface area contributed by atoms with Gasteiger partial charge in [-0.2, -0.15) is 0 Å². The van der Waals surface area contributed by atoms with Crippen molar-refractivity contribution in [2.75, 3.05) is 6.54 Å². The number of hydrogen-bond acceptors (Lipinski definition) is 3. The number of urea groups is 1. The molecule has 1 aliphatic heterocycles. The average Bonchev–Trinajstić information content (AvgIpc) is 2.56. The summed E-state index contributed by atoms with van der Waals surface area (Å²) in [6.07, 6.45) is 0. The van der Waals surface area contributed by atoms with Crippen LogP contribution in [0.25, 0.3) is 0 Å². The smallest absolute Gasteiger partial charge is 0.325 e. The molecule has 0 radical (unpaired) electrons. The van der Waals surface area contributed by atoms with Crippen molar-refractivity contribution in [2.45, 2.75) is 59.7 Å². The molecule has 1 saturated heterocycles. The van der Waals surface area contributed by atoms with Gasteiger partial charge in [-0.1, -0.05) is 13.8 Å². The minimum absolute atomic E-state index is 0.0119. The van der Waals surface area contributed by atoms with Crippen molar-refractivity contribution in [1.29, 1.82) is 0 Å². The van der Waals surface area contributed by atoms with Gasteiger partial charge < -0.3 is 10.2 Å². The summed E-state index contributed by atoms with van der Waals surface area (Å²) < 4.78 is 0. The van der Waals surface area contributed by atoms with E-state index in [1.807, 2.05) is 41.5 Å². The topological polar surface area (TPSA) is 69.7 Å². The normalized spacial score (nSPS) is 19.2. The third kappa shape index (κ3) is 3.29. The predicted molar refractivity (Wildman–Crippen MR) is 76.0 cm³/mol. The van der Waals surface area contributed by atoms with Gasteiger partial charge in [0.1, 0.15) is 12.6 Å². The summed E-state index contributed by atoms with van der Waals surface area (Å²) in [7, 11) is 0. The van der Waals surface area contributed by atoms with Gasteiger partial charge in [-0.05, 0) is 33.6 Å². The van der Waals surface area contributed by atoms with Crippen LogP contribution in [0.2, 0.25) is 0 Å². The van der Waals surface area contributed by atoms with Crippen molar-refractivity contribution in [3.05, 3.63) is 0 Å². The van der Waals surface area contributed by atoms with Crippen LogP contribution in [0.1, 0.15) is 41.5 Å². The molecule has 1 rings (SSSR count). The second-order valence-corrected chi connectivity index (χ2v) is 6.08. The van der Waals surface area contributed by atoms with Crippen molar-refractivity contribution >= 4 is 17.8 Å². The number of rotatable bonds is 5. The van der Waals surface area contributed by atoms with E-state index < -0.39 is 12.1 Å². The molecule has 0 aromatic heterocycles. The zero-order valence-corrected chi connectivity index (χ0v) is 13.1. The molecule has 0 aromatic carbocycles. The summed E-state index contributed by atoms with van der Waals surface area (Å²) in [5.41, 5.74) is 0. The Morgan fingerprint density at radius 2 is 1.65 bits per heavy atom. The van der Waals surface area contributed by atoms with E-state index in [-0.39, 0.29) is 36.4 Å². The van der Waals surface area contributed by atoms with Crippen molar-refractivity contribution in [3.8, 4) is 0 Å². The maximum absolute atomic E-state index is 12.3. The zero-order chi connectivity index (χ0) is 15.6. The highest BCUT2D eigenvalue weighted by Gasteiger charge is 2.41. The molecule has 1 atom stereocenters. The summed E-state index contributed by atoms with van der Waals surface area (Å²) in [6.45, 7) is 11.2. The van der Waals surface area contributed by atoms with Crippen LogP contribution in [-0.4, -0.2) is 52.3 Å². The fourth-order valence-electron chi connectivity index (χ4n) is 2.53. The molecule has 0 bridgehead atoms. The lowest BCUT2D eigenvalue weighted by atomic mass is 10.1. The van der Waals surface area contributed by atoms with Crippen molar-refractivity contribution in [1.82, 2.24) is 15.1 Å². The molecule has 6 nitrogen and oxygen atoms in total. The number of carbonyl (C=O) groups is 3. The van der Waals surface area contributed by atoms with Gasteiger partial charge in [-0.15, -0.1) is 0 Å².